The van der Waals surface area contributed by atoms with Crippen molar-refractivity contribution >= 4 is 5.84 Å². The van der Waals surface area contributed by atoms with Crippen LogP contribution in [-0.2, 0) is 0 Å². The molecule has 86 valence electrons. The highest BCUT2D eigenvalue weighted by Crippen LogP contribution is 2.25. The zero-order valence-corrected chi connectivity index (χ0v) is 10.5. The number of nitrogens with zero attached hydrogens (tertiary/aromatic N) is 2. The SMILES string of the molecule is C=CC1CCC(C=C)N1C(C)=NC.CC. The van der Waals surface area contributed by atoms with E-state index in [-0.39, 0.29) is 0 Å². The van der Waals surface area contributed by atoms with E-state index >= 15 is 0 Å². The Labute approximate surface area is 94.4 Å². The van der Waals surface area contributed by atoms with E-state index in [2.05, 4.69) is 23.1 Å². The van der Waals surface area contributed by atoms with Crippen LogP contribution in [0, 0.1) is 0 Å². The molecule has 1 rings (SSSR count). The summed E-state index contributed by atoms with van der Waals surface area (Å²) in [7, 11) is 1.83. The van der Waals surface area contributed by atoms with E-state index in [0.717, 1.165) is 18.7 Å². The molecule has 0 aromatic heterocycles. The van der Waals surface area contributed by atoms with Gasteiger partial charge in [0.1, 0.15) is 0 Å². The van der Waals surface area contributed by atoms with E-state index in [1.54, 1.807) is 0 Å². The van der Waals surface area contributed by atoms with E-state index in [1.165, 1.54) is 0 Å². The fourth-order valence-electron chi connectivity index (χ4n) is 1.92. The lowest BCUT2D eigenvalue weighted by Crippen LogP contribution is -2.37. The molecular weight excluding hydrogens is 184 g/mol. The smallest absolute Gasteiger partial charge is 0.0963 e. The Morgan fingerprint density at radius 2 is 1.60 bits per heavy atom. The fourth-order valence-corrected chi connectivity index (χ4v) is 1.92. The quantitative estimate of drug-likeness (QED) is 0.386. The van der Waals surface area contributed by atoms with Gasteiger partial charge in [-0.15, -0.1) is 13.2 Å². The number of hydrogen-bond acceptors (Lipinski definition) is 1. The third-order valence-electron chi connectivity index (χ3n) is 2.71. The van der Waals surface area contributed by atoms with Crippen molar-refractivity contribution in [3.05, 3.63) is 25.3 Å². The number of rotatable bonds is 2. The lowest BCUT2D eigenvalue weighted by Gasteiger charge is -2.28. The van der Waals surface area contributed by atoms with E-state index < -0.39 is 0 Å². The monoisotopic (exact) mass is 208 g/mol. The van der Waals surface area contributed by atoms with Crippen LogP contribution in [0.25, 0.3) is 0 Å². The van der Waals surface area contributed by atoms with Crippen LogP contribution in [0.5, 0.6) is 0 Å². The largest absolute Gasteiger partial charge is 0.348 e. The standard InChI is InChI=1S/C11H18N2.C2H6/c1-5-10-7-8-11(6-2)13(10)9(3)12-4;1-2/h5-6,10-11H,1-2,7-8H2,3-4H3;1-2H3. The molecule has 1 aliphatic heterocycles. The molecule has 2 atom stereocenters. The van der Waals surface area contributed by atoms with Crippen LogP contribution in [0.2, 0.25) is 0 Å². The first-order valence-electron chi connectivity index (χ1n) is 5.71. The summed E-state index contributed by atoms with van der Waals surface area (Å²) in [6, 6.07) is 0.874. The summed E-state index contributed by atoms with van der Waals surface area (Å²) >= 11 is 0. The summed E-state index contributed by atoms with van der Waals surface area (Å²) in [4.78, 5) is 6.51. The van der Waals surface area contributed by atoms with E-state index in [1.807, 2.05) is 40.0 Å². The zero-order chi connectivity index (χ0) is 11.8. The normalized spacial score (nSPS) is 25.6. The molecule has 0 aromatic rings. The first-order chi connectivity index (χ1) is 7.24. The maximum atomic E-state index is 4.21. The second kappa shape index (κ2) is 7.27. The molecule has 2 nitrogen and oxygen atoms in total. The van der Waals surface area contributed by atoms with Crippen molar-refractivity contribution < 1.29 is 0 Å². The second-order valence-electron chi connectivity index (χ2n) is 3.36. The van der Waals surface area contributed by atoms with Crippen molar-refractivity contribution in [1.29, 1.82) is 0 Å². The maximum Gasteiger partial charge on any atom is 0.0963 e. The molecule has 1 heterocycles. The van der Waals surface area contributed by atoms with Crippen LogP contribution >= 0.6 is 0 Å². The first-order valence-corrected chi connectivity index (χ1v) is 5.71. The summed E-state index contributed by atoms with van der Waals surface area (Å²) in [6.07, 6.45) is 6.32. The van der Waals surface area contributed by atoms with Gasteiger partial charge in [-0.05, 0) is 19.8 Å². The lowest BCUT2D eigenvalue weighted by atomic mass is 10.2. The molecule has 0 bridgehead atoms. The average Bonchev–Trinajstić information content (AvgIpc) is 2.73. The molecule has 0 radical (unpaired) electrons. The van der Waals surface area contributed by atoms with Crippen molar-refractivity contribution in [3.63, 3.8) is 0 Å². The topological polar surface area (TPSA) is 15.6 Å². The number of hydrogen-bond donors (Lipinski definition) is 0. The first kappa shape index (κ1) is 13.9. The van der Waals surface area contributed by atoms with Gasteiger partial charge in [0.25, 0.3) is 0 Å². The van der Waals surface area contributed by atoms with Crippen LogP contribution in [0.3, 0.4) is 0 Å². The van der Waals surface area contributed by atoms with Crippen LogP contribution in [0.1, 0.15) is 33.6 Å². The highest BCUT2D eigenvalue weighted by molar-refractivity contribution is 5.81. The Morgan fingerprint density at radius 1 is 1.20 bits per heavy atom. The van der Waals surface area contributed by atoms with Crippen molar-refractivity contribution in [3.8, 4) is 0 Å². The molecule has 2 heteroatoms. The zero-order valence-electron chi connectivity index (χ0n) is 10.5. The lowest BCUT2D eigenvalue weighted by molar-refractivity contribution is 0.391. The van der Waals surface area contributed by atoms with Crippen LogP contribution in [0.4, 0.5) is 0 Å². The summed E-state index contributed by atoms with van der Waals surface area (Å²) < 4.78 is 0. The predicted octanol–water partition coefficient (Wildman–Crippen LogP) is 3.27. The molecule has 1 aliphatic rings. The highest BCUT2D eigenvalue weighted by atomic mass is 15.2. The van der Waals surface area contributed by atoms with Gasteiger partial charge in [-0.1, -0.05) is 26.0 Å². The summed E-state index contributed by atoms with van der Waals surface area (Å²) in [5.41, 5.74) is 0. The van der Waals surface area contributed by atoms with Crippen LogP contribution in [0.15, 0.2) is 30.3 Å². The minimum absolute atomic E-state index is 0.437. The molecular formula is C13H24N2. The molecule has 0 aliphatic carbocycles. The molecule has 1 saturated heterocycles. The molecule has 1 fully saturated rings. The van der Waals surface area contributed by atoms with Crippen LogP contribution in [-0.4, -0.2) is 29.9 Å². The third-order valence-corrected chi connectivity index (χ3v) is 2.71. The predicted molar refractivity (Wildman–Crippen MR) is 69.4 cm³/mol. The maximum absolute atomic E-state index is 4.21. The number of aliphatic imine (C=N–C) groups is 1. The van der Waals surface area contributed by atoms with Gasteiger partial charge in [-0.3, -0.25) is 4.99 Å². The Bertz CT molecular complexity index is 215. The van der Waals surface area contributed by atoms with Gasteiger partial charge in [-0.25, -0.2) is 0 Å². The number of amidine groups is 1. The Balaban J connectivity index is 0.000000921. The number of likely N-dealkylation sites (tertiary alicyclic amines) is 1. The molecule has 0 aromatic carbocycles. The molecule has 0 N–H and O–H groups in total. The Morgan fingerprint density at radius 3 is 1.87 bits per heavy atom. The molecule has 15 heavy (non-hydrogen) atoms. The highest BCUT2D eigenvalue weighted by Gasteiger charge is 2.29. The Kier molecular flexibility index (Phi) is 6.76. The molecule has 0 amide bonds. The average molecular weight is 208 g/mol. The van der Waals surface area contributed by atoms with Gasteiger partial charge in [0.05, 0.1) is 5.84 Å². The van der Waals surface area contributed by atoms with Gasteiger partial charge in [-0.2, -0.15) is 0 Å². The Hall–Kier alpha value is -1.05. The van der Waals surface area contributed by atoms with Gasteiger partial charge in [0, 0.05) is 19.1 Å². The van der Waals surface area contributed by atoms with Gasteiger partial charge >= 0.3 is 0 Å². The molecule has 2 unspecified atom stereocenters. The van der Waals surface area contributed by atoms with Crippen molar-refractivity contribution in [2.24, 2.45) is 4.99 Å². The third kappa shape index (κ3) is 3.22. The summed E-state index contributed by atoms with van der Waals surface area (Å²) in [5, 5.41) is 0. The molecule has 0 spiro atoms. The van der Waals surface area contributed by atoms with Crippen LogP contribution < -0.4 is 0 Å². The van der Waals surface area contributed by atoms with E-state index in [9.17, 15) is 0 Å². The summed E-state index contributed by atoms with van der Waals surface area (Å²) in [6.45, 7) is 13.7. The van der Waals surface area contributed by atoms with Crippen molar-refractivity contribution in [2.75, 3.05) is 7.05 Å². The second-order valence-corrected chi connectivity index (χ2v) is 3.36. The van der Waals surface area contributed by atoms with Crippen molar-refractivity contribution in [2.45, 2.75) is 45.7 Å². The minimum atomic E-state index is 0.437. The molecule has 0 saturated carbocycles. The minimum Gasteiger partial charge on any atom is -0.348 e. The van der Waals surface area contributed by atoms with Gasteiger partial charge in [0.2, 0.25) is 0 Å². The fraction of sp³-hybridized carbons (Fsp3) is 0.615. The van der Waals surface area contributed by atoms with E-state index in [0.29, 0.717) is 12.1 Å². The summed E-state index contributed by atoms with van der Waals surface area (Å²) in [5.74, 6) is 1.08. The van der Waals surface area contributed by atoms with Gasteiger partial charge in [0.15, 0.2) is 0 Å². The van der Waals surface area contributed by atoms with Gasteiger partial charge < -0.3 is 4.90 Å². The van der Waals surface area contributed by atoms with E-state index in [4.69, 9.17) is 0 Å². The van der Waals surface area contributed by atoms with Crippen molar-refractivity contribution in [1.82, 2.24) is 4.90 Å².